The number of thioether (sulfide) groups is 1. The van der Waals surface area contributed by atoms with Gasteiger partial charge in [0.1, 0.15) is 5.44 Å². The summed E-state index contributed by atoms with van der Waals surface area (Å²) >= 11 is 1.92. The van der Waals surface area contributed by atoms with Crippen molar-refractivity contribution in [3.63, 3.8) is 0 Å². The molecule has 1 atom stereocenters. The first-order chi connectivity index (χ1) is 3.93. The van der Waals surface area contributed by atoms with Crippen LogP contribution in [0.15, 0.2) is 0 Å². The van der Waals surface area contributed by atoms with E-state index in [1.165, 1.54) is 18.6 Å². The summed E-state index contributed by atoms with van der Waals surface area (Å²) < 4.78 is 5.36. The van der Waals surface area contributed by atoms with Crippen LogP contribution in [0.4, 0.5) is 0 Å². The lowest BCUT2D eigenvalue weighted by molar-refractivity contribution is 0.174. The Kier molecular flexibility index (Phi) is 2.70. The van der Waals surface area contributed by atoms with Gasteiger partial charge in [0, 0.05) is 6.61 Å². The molecule has 0 spiro atoms. The van der Waals surface area contributed by atoms with Gasteiger partial charge in [-0.3, -0.25) is 0 Å². The zero-order valence-electron chi connectivity index (χ0n) is 5.22. The fourth-order valence-corrected chi connectivity index (χ4v) is 1.76. The van der Waals surface area contributed by atoms with E-state index in [1.807, 2.05) is 11.8 Å². The van der Waals surface area contributed by atoms with Crippen LogP contribution in [0.1, 0.15) is 19.8 Å². The maximum Gasteiger partial charge on any atom is 0.103 e. The summed E-state index contributed by atoms with van der Waals surface area (Å²) in [6, 6.07) is 0. The number of rotatable bonds is 2. The average molecular weight is 132 g/mol. The van der Waals surface area contributed by atoms with E-state index in [9.17, 15) is 0 Å². The summed E-state index contributed by atoms with van der Waals surface area (Å²) in [6.45, 7) is 3.16. The second kappa shape index (κ2) is 3.36. The summed E-state index contributed by atoms with van der Waals surface area (Å²) in [5.74, 6) is 1.19. The normalized spacial score (nSPS) is 28.9. The molecule has 1 aliphatic heterocycles. The van der Waals surface area contributed by atoms with Gasteiger partial charge >= 0.3 is 0 Å². The Labute approximate surface area is 54.8 Å². The lowest BCUT2D eigenvalue weighted by atomic mass is 10.4. The van der Waals surface area contributed by atoms with E-state index in [0.717, 1.165) is 6.61 Å². The van der Waals surface area contributed by atoms with Gasteiger partial charge < -0.3 is 4.74 Å². The molecule has 0 aromatic heterocycles. The molecular formula is C6H12OS. The monoisotopic (exact) mass is 132 g/mol. The Morgan fingerprint density at radius 2 is 2.62 bits per heavy atom. The molecule has 1 heterocycles. The molecule has 1 fully saturated rings. The summed E-state index contributed by atoms with van der Waals surface area (Å²) in [5.41, 5.74) is 0.528. The average Bonchev–Trinajstić information content (AvgIpc) is 2.19. The number of hydrogen-bond acceptors (Lipinski definition) is 2. The Morgan fingerprint density at radius 1 is 1.75 bits per heavy atom. The van der Waals surface area contributed by atoms with E-state index in [1.54, 1.807) is 0 Å². The molecule has 1 nitrogen and oxygen atoms in total. The molecule has 0 bridgehead atoms. The van der Waals surface area contributed by atoms with Crippen molar-refractivity contribution >= 4 is 11.8 Å². The molecule has 8 heavy (non-hydrogen) atoms. The fourth-order valence-electron chi connectivity index (χ4n) is 0.865. The van der Waals surface area contributed by atoms with Gasteiger partial charge in [-0.25, -0.2) is 0 Å². The predicted molar refractivity (Wildman–Crippen MR) is 37.1 cm³/mol. The molecule has 1 aliphatic rings. The van der Waals surface area contributed by atoms with Crippen molar-refractivity contribution in [3.8, 4) is 0 Å². The third-order valence-electron chi connectivity index (χ3n) is 1.24. The van der Waals surface area contributed by atoms with Crippen molar-refractivity contribution in [1.82, 2.24) is 0 Å². The maximum atomic E-state index is 5.36. The van der Waals surface area contributed by atoms with Gasteiger partial charge in [-0.2, -0.15) is 0 Å². The third-order valence-corrected chi connectivity index (χ3v) is 2.32. The lowest BCUT2D eigenvalue weighted by Gasteiger charge is -2.04. The van der Waals surface area contributed by atoms with Crippen LogP contribution in [0.2, 0.25) is 0 Å². The van der Waals surface area contributed by atoms with Crippen molar-refractivity contribution in [2.75, 3.05) is 12.4 Å². The fraction of sp³-hybridized carbons (Fsp3) is 1.00. The molecule has 1 saturated heterocycles. The number of hydrogen-bond donors (Lipinski definition) is 0. The predicted octanol–water partition coefficient (Wildman–Crippen LogP) is 1.88. The number of ether oxygens (including phenoxy) is 1. The second-order valence-electron chi connectivity index (χ2n) is 1.90. The highest BCUT2D eigenvalue weighted by atomic mass is 32.2. The lowest BCUT2D eigenvalue weighted by Crippen LogP contribution is -1.97. The third kappa shape index (κ3) is 1.67. The topological polar surface area (TPSA) is 9.23 Å². The van der Waals surface area contributed by atoms with Crippen molar-refractivity contribution in [1.29, 1.82) is 0 Å². The first kappa shape index (κ1) is 6.43. The van der Waals surface area contributed by atoms with Crippen molar-refractivity contribution in [2.24, 2.45) is 0 Å². The van der Waals surface area contributed by atoms with E-state index in [0.29, 0.717) is 5.44 Å². The van der Waals surface area contributed by atoms with Gasteiger partial charge in [0.15, 0.2) is 0 Å². The van der Waals surface area contributed by atoms with Gasteiger partial charge in [0.2, 0.25) is 0 Å². The maximum absolute atomic E-state index is 5.36. The highest BCUT2D eigenvalue weighted by Gasteiger charge is 2.13. The molecule has 48 valence electrons. The van der Waals surface area contributed by atoms with Gasteiger partial charge in [0.25, 0.3) is 0 Å². The van der Waals surface area contributed by atoms with Crippen LogP contribution < -0.4 is 0 Å². The summed E-state index contributed by atoms with van der Waals surface area (Å²) in [5, 5.41) is 0. The molecule has 0 saturated carbocycles. The Bertz CT molecular complexity index is 59.5. The summed E-state index contributed by atoms with van der Waals surface area (Å²) in [7, 11) is 0. The van der Waals surface area contributed by atoms with Crippen LogP contribution in [0, 0.1) is 0 Å². The molecule has 0 aliphatic carbocycles. The largest absolute Gasteiger partial charge is 0.368 e. The summed E-state index contributed by atoms with van der Waals surface area (Å²) in [4.78, 5) is 0. The van der Waals surface area contributed by atoms with Crippen LogP contribution >= 0.6 is 11.8 Å². The molecule has 0 amide bonds. The molecule has 1 rings (SSSR count). The van der Waals surface area contributed by atoms with E-state index >= 15 is 0 Å². The van der Waals surface area contributed by atoms with Crippen LogP contribution in [-0.2, 0) is 4.74 Å². The molecule has 0 aromatic rings. The van der Waals surface area contributed by atoms with E-state index in [4.69, 9.17) is 4.74 Å². The SMILES string of the molecule is CCSC1CCCO1. The van der Waals surface area contributed by atoms with Crippen molar-refractivity contribution in [2.45, 2.75) is 25.2 Å². The van der Waals surface area contributed by atoms with Gasteiger partial charge in [-0.15, -0.1) is 11.8 Å². The first-order valence-corrected chi connectivity index (χ1v) is 4.21. The molecule has 1 unspecified atom stereocenters. The molecule has 0 radical (unpaired) electrons. The van der Waals surface area contributed by atoms with Gasteiger partial charge in [-0.05, 0) is 18.6 Å². The highest BCUT2D eigenvalue weighted by Crippen LogP contribution is 2.22. The molecule has 0 aromatic carbocycles. The van der Waals surface area contributed by atoms with Crippen LogP contribution in [0.25, 0.3) is 0 Å². The van der Waals surface area contributed by atoms with Gasteiger partial charge in [0.05, 0.1) is 0 Å². The van der Waals surface area contributed by atoms with Crippen LogP contribution in [-0.4, -0.2) is 17.8 Å². The van der Waals surface area contributed by atoms with Crippen molar-refractivity contribution < 1.29 is 4.74 Å². The molecule has 2 heteroatoms. The Hall–Kier alpha value is 0.310. The standard InChI is InChI=1S/C6H12OS/c1-2-8-6-4-3-5-7-6/h6H,2-5H2,1H3. The minimum absolute atomic E-state index is 0.528. The van der Waals surface area contributed by atoms with Crippen molar-refractivity contribution in [3.05, 3.63) is 0 Å². The van der Waals surface area contributed by atoms with Gasteiger partial charge in [-0.1, -0.05) is 6.92 Å². The minimum Gasteiger partial charge on any atom is -0.368 e. The molecular weight excluding hydrogens is 120 g/mol. The van der Waals surface area contributed by atoms with Crippen LogP contribution in [0.5, 0.6) is 0 Å². The van der Waals surface area contributed by atoms with Crippen LogP contribution in [0.3, 0.4) is 0 Å². The first-order valence-electron chi connectivity index (χ1n) is 3.16. The molecule has 0 N–H and O–H groups in total. The smallest absolute Gasteiger partial charge is 0.103 e. The van der Waals surface area contributed by atoms with E-state index in [-0.39, 0.29) is 0 Å². The highest BCUT2D eigenvalue weighted by molar-refractivity contribution is 7.99. The summed E-state index contributed by atoms with van der Waals surface area (Å²) in [6.07, 6.45) is 2.52. The second-order valence-corrected chi connectivity index (χ2v) is 3.33. The zero-order valence-corrected chi connectivity index (χ0v) is 6.04. The minimum atomic E-state index is 0.528. The van der Waals surface area contributed by atoms with E-state index in [2.05, 4.69) is 6.92 Å². The zero-order chi connectivity index (χ0) is 5.82. The van der Waals surface area contributed by atoms with E-state index < -0.39 is 0 Å². The quantitative estimate of drug-likeness (QED) is 0.567. The Morgan fingerprint density at radius 3 is 3.12 bits per heavy atom. The Balaban J connectivity index is 2.06.